The highest BCUT2D eigenvalue weighted by Gasteiger charge is 2.24. The van der Waals surface area contributed by atoms with Gasteiger partial charge in [-0.05, 0) is 31.5 Å². The van der Waals surface area contributed by atoms with Gasteiger partial charge in [-0.1, -0.05) is 24.3 Å². The minimum Gasteiger partial charge on any atom is -0.381 e. The van der Waals surface area contributed by atoms with E-state index >= 15 is 0 Å². The number of benzene rings is 1. The van der Waals surface area contributed by atoms with Crippen molar-refractivity contribution in [1.82, 2.24) is 4.90 Å². The topological polar surface area (TPSA) is 29.5 Å². The molecule has 1 aromatic rings. The lowest BCUT2D eigenvalue weighted by Crippen LogP contribution is -2.30. The van der Waals surface area contributed by atoms with Crippen LogP contribution in [0.5, 0.6) is 0 Å². The molecule has 0 aliphatic carbocycles. The van der Waals surface area contributed by atoms with Crippen LogP contribution in [0.15, 0.2) is 24.3 Å². The molecule has 98 valence electrons. The van der Waals surface area contributed by atoms with Crippen molar-refractivity contribution in [2.45, 2.75) is 19.9 Å². The summed E-state index contributed by atoms with van der Waals surface area (Å²) in [5.41, 5.74) is 2.57. The average molecular weight is 247 g/mol. The van der Waals surface area contributed by atoms with Crippen LogP contribution in [-0.2, 0) is 16.1 Å². The molecule has 1 unspecified atom stereocenters. The number of carbonyl (C=O) groups excluding carboxylic acids is 1. The van der Waals surface area contributed by atoms with Gasteiger partial charge in [0.2, 0.25) is 0 Å². The number of Topliss-reactive ketones (excluding diaryl/α,β-unsaturated/α-hetero) is 1. The van der Waals surface area contributed by atoms with Crippen LogP contribution in [0.4, 0.5) is 0 Å². The quantitative estimate of drug-likeness (QED) is 0.797. The number of nitrogens with zero attached hydrogens (tertiary/aromatic N) is 1. The fraction of sp³-hybridized carbons (Fsp3) is 0.533. The van der Waals surface area contributed by atoms with E-state index in [1.165, 1.54) is 11.1 Å². The van der Waals surface area contributed by atoms with Gasteiger partial charge in [0, 0.05) is 19.1 Å². The fourth-order valence-electron chi connectivity index (χ4n) is 2.32. The van der Waals surface area contributed by atoms with Crippen molar-refractivity contribution in [2.75, 3.05) is 26.8 Å². The molecule has 1 aliphatic rings. The molecule has 3 heteroatoms. The van der Waals surface area contributed by atoms with E-state index in [1.54, 1.807) is 0 Å². The molecule has 0 saturated carbocycles. The van der Waals surface area contributed by atoms with Crippen LogP contribution in [0.3, 0.4) is 0 Å². The first-order valence-electron chi connectivity index (χ1n) is 6.50. The van der Waals surface area contributed by atoms with Gasteiger partial charge >= 0.3 is 0 Å². The van der Waals surface area contributed by atoms with E-state index < -0.39 is 0 Å². The first-order valence-corrected chi connectivity index (χ1v) is 6.50. The maximum atomic E-state index is 12.0. The number of hydrogen-bond acceptors (Lipinski definition) is 3. The molecule has 2 rings (SSSR count). The number of ether oxygens (including phenoxy) is 1. The summed E-state index contributed by atoms with van der Waals surface area (Å²) in [6.07, 6.45) is 0.886. The van der Waals surface area contributed by atoms with Crippen molar-refractivity contribution in [2.24, 2.45) is 5.92 Å². The summed E-state index contributed by atoms with van der Waals surface area (Å²) in [5.74, 6) is 0.424. The predicted molar refractivity (Wildman–Crippen MR) is 71.4 cm³/mol. The molecule has 0 spiro atoms. The molecule has 3 nitrogen and oxygen atoms in total. The maximum absolute atomic E-state index is 12.0. The van der Waals surface area contributed by atoms with Gasteiger partial charge < -0.3 is 4.74 Å². The molecule has 1 fully saturated rings. The van der Waals surface area contributed by atoms with Crippen molar-refractivity contribution < 1.29 is 9.53 Å². The Hall–Kier alpha value is -1.19. The molecular formula is C15H21NO2. The molecule has 0 bridgehead atoms. The number of ketones is 1. The molecule has 0 N–H and O–H groups in total. The van der Waals surface area contributed by atoms with Crippen LogP contribution in [0.2, 0.25) is 0 Å². The van der Waals surface area contributed by atoms with Crippen molar-refractivity contribution in [3.63, 3.8) is 0 Å². The Balaban J connectivity index is 1.86. The van der Waals surface area contributed by atoms with Gasteiger partial charge in [-0.2, -0.15) is 0 Å². The monoisotopic (exact) mass is 247 g/mol. The minimum absolute atomic E-state index is 0.115. The molecule has 0 radical (unpaired) electrons. The van der Waals surface area contributed by atoms with Gasteiger partial charge in [-0.25, -0.2) is 0 Å². The van der Waals surface area contributed by atoms with E-state index in [9.17, 15) is 4.79 Å². The van der Waals surface area contributed by atoms with Crippen LogP contribution in [0.1, 0.15) is 17.5 Å². The second kappa shape index (κ2) is 6.12. The smallest absolute Gasteiger partial charge is 0.152 e. The summed E-state index contributed by atoms with van der Waals surface area (Å²) >= 11 is 0. The molecule has 0 aromatic heterocycles. The Morgan fingerprint density at radius 3 is 2.89 bits per heavy atom. The van der Waals surface area contributed by atoms with Crippen molar-refractivity contribution in [3.05, 3.63) is 35.4 Å². The number of carbonyl (C=O) groups is 1. The molecule has 0 amide bonds. The van der Waals surface area contributed by atoms with Crippen molar-refractivity contribution in [1.29, 1.82) is 0 Å². The Morgan fingerprint density at radius 1 is 1.44 bits per heavy atom. The second-order valence-corrected chi connectivity index (χ2v) is 5.13. The number of aryl methyl sites for hydroxylation is 1. The van der Waals surface area contributed by atoms with Crippen LogP contribution >= 0.6 is 0 Å². The summed E-state index contributed by atoms with van der Waals surface area (Å²) in [6.45, 7) is 4.79. The zero-order valence-electron chi connectivity index (χ0n) is 11.2. The Morgan fingerprint density at radius 2 is 2.22 bits per heavy atom. The van der Waals surface area contributed by atoms with Gasteiger partial charge in [0.25, 0.3) is 0 Å². The van der Waals surface area contributed by atoms with E-state index in [-0.39, 0.29) is 5.92 Å². The lowest BCUT2D eigenvalue weighted by Gasteiger charge is -2.18. The van der Waals surface area contributed by atoms with Gasteiger partial charge in [-0.15, -0.1) is 0 Å². The Kier molecular flexibility index (Phi) is 4.50. The van der Waals surface area contributed by atoms with Gasteiger partial charge in [0.15, 0.2) is 5.78 Å². The van der Waals surface area contributed by atoms with Crippen LogP contribution in [0, 0.1) is 12.8 Å². The summed E-state index contributed by atoms with van der Waals surface area (Å²) in [5, 5.41) is 0. The third-order valence-electron chi connectivity index (χ3n) is 3.51. The molecule has 1 atom stereocenters. The zero-order chi connectivity index (χ0) is 13.0. The van der Waals surface area contributed by atoms with Crippen molar-refractivity contribution in [3.8, 4) is 0 Å². The van der Waals surface area contributed by atoms with E-state index in [4.69, 9.17) is 4.74 Å². The molecular weight excluding hydrogens is 226 g/mol. The predicted octanol–water partition coefficient (Wildman–Crippen LogP) is 2.03. The van der Waals surface area contributed by atoms with Gasteiger partial charge in [0.1, 0.15) is 0 Å². The van der Waals surface area contributed by atoms with E-state index in [2.05, 4.69) is 24.0 Å². The highest BCUT2D eigenvalue weighted by molar-refractivity contribution is 5.83. The molecule has 1 aliphatic heterocycles. The SMILES string of the molecule is Cc1ccccc1CN(C)CC(=O)C1CCOC1. The molecule has 18 heavy (non-hydrogen) atoms. The molecule has 1 aromatic carbocycles. The highest BCUT2D eigenvalue weighted by Crippen LogP contribution is 2.15. The number of hydrogen-bond donors (Lipinski definition) is 0. The van der Waals surface area contributed by atoms with Crippen LogP contribution < -0.4 is 0 Å². The fourth-order valence-corrected chi connectivity index (χ4v) is 2.32. The average Bonchev–Trinajstić information content (AvgIpc) is 2.85. The summed E-state index contributed by atoms with van der Waals surface area (Å²) < 4.78 is 5.26. The first-order chi connectivity index (χ1) is 8.66. The lowest BCUT2D eigenvalue weighted by molar-refractivity contribution is -0.123. The number of likely N-dealkylation sites (N-methyl/N-ethyl adjacent to an activating group) is 1. The van der Waals surface area contributed by atoms with E-state index in [0.29, 0.717) is 18.9 Å². The zero-order valence-corrected chi connectivity index (χ0v) is 11.2. The summed E-state index contributed by atoms with van der Waals surface area (Å²) in [4.78, 5) is 14.1. The van der Waals surface area contributed by atoms with Gasteiger partial charge in [-0.3, -0.25) is 9.69 Å². The summed E-state index contributed by atoms with van der Waals surface area (Å²) in [7, 11) is 2.00. The third kappa shape index (κ3) is 3.40. The van der Waals surface area contributed by atoms with Crippen molar-refractivity contribution >= 4 is 5.78 Å². The standard InChI is InChI=1S/C15H21NO2/c1-12-5-3-4-6-13(12)9-16(2)10-15(17)14-7-8-18-11-14/h3-6,14H,7-11H2,1-2H3. The second-order valence-electron chi connectivity index (χ2n) is 5.13. The number of rotatable bonds is 5. The Bertz CT molecular complexity index is 411. The first kappa shape index (κ1) is 13.2. The Labute approximate surface area is 109 Å². The highest BCUT2D eigenvalue weighted by atomic mass is 16.5. The van der Waals surface area contributed by atoms with Gasteiger partial charge in [0.05, 0.1) is 13.2 Å². The van der Waals surface area contributed by atoms with Crippen LogP contribution in [0.25, 0.3) is 0 Å². The minimum atomic E-state index is 0.115. The largest absolute Gasteiger partial charge is 0.381 e. The van der Waals surface area contributed by atoms with E-state index in [0.717, 1.165) is 19.6 Å². The normalized spacial score (nSPS) is 19.4. The maximum Gasteiger partial charge on any atom is 0.152 e. The lowest BCUT2D eigenvalue weighted by atomic mass is 10.0. The summed E-state index contributed by atoms with van der Waals surface area (Å²) in [6, 6.07) is 8.31. The van der Waals surface area contributed by atoms with E-state index in [1.807, 2.05) is 19.2 Å². The molecule has 1 heterocycles. The van der Waals surface area contributed by atoms with Crippen LogP contribution in [-0.4, -0.2) is 37.5 Å². The third-order valence-corrected chi connectivity index (χ3v) is 3.51. The molecule has 1 saturated heterocycles.